The number of benzene rings is 1. The van der Waals surface area contributed by atoms with Gasteiger partial charge in [0.05, 0.1) is 6.10 Å². The second-order valence-corrected chi connectivity index (χ2v) is 6.59. The van der Waals surface area contributed by atoms with E-state index in [-0.39, 0.29) is 11.9 Å². The molecule has 1 aromatic rings. The molecule has 0 unspecified atom stereocenters. The summed E-state index contributed by atoms with van der Waals surface area (Å²) in [7, 11) is 1.67. The maximum atomic E-state index is 14.1. The molecular weight excluding hydrogens is 351 g/mol. The van der Waals surface area contributed by atoms with Crippen molar-refractivity contribution in [2.45, 2.75) is 31.9 Å². The Balaban J connectivity index is 2.02. The van der Waals surface area contributed by atoms with Gasteiger partial charge >= 0.3 is 0 Å². The van der Waals surface area contributed by atoms with Gasteiger partial charge in [0.15, 0.2) is 5.11 Å². The fourth-order valence-corrected chi connectivity index (χ4v) is 3.12. The lowest BCUT2D eigenvalue weighted by molar-refractivity contribution is 0.0895. The summed E-state index contributed by atoms with van der Waals surface area (Å²) in [5, 5.41) is 4.20. The molecule has 2 rings (SSSR count). The topological polar surface area (TPSA) is 33.7 Å². The first kappa shape index (κ1) is 19.4. The third-order valence-electron chi connectivity index (χ3n) is 3.95. The predicted octanol–water partition coefficient (Wildman–Crippen LogP) is 3.37. The van der Waals surface area contributed by atoms with Crippen LogP contribution in [0.1, 0.15) is 24.8 Å². The monoisotopic (exact) mass is 374 g/mol. The molecule has 1 aliphatic heterocycles. The number of nitrogens with one attached hydrogen (secondary N) is 1. The minimum atomic E-state index is -0.318. The molecule has 24 heavy (non-hydrogen) atoms. The number of thiocarbonyl (C=S) groups is 1. The van der Waals surface area contributed by atoms with Crippen LogP contribution in [0.3, 0.4) is 0 Å². The molecule has 0 aromatic heterocycles. The van der Waals surface area contributed by atoms with Crippen LogP contribution in [0.5, 0.6) is 0 Å². The molecule has 0 radical (unpaired) electrons. The summed E-state index contributed by atoms with van der Waals surface area (Å²) in [6.45, 7) is 3.09. The van der Waals surface area contributed by atoms with Gasteiger partial charge in [-0.1, -0.05) is 17.7 Å². The molecule has 1 heterocycles. The lowest BCUT2D eigenvalue weighted by atomic mass is 10.1. The van der Waals surface area contributed by atoms with Gasteiger partial charge in [-0.05, 0) is 43.6 Å². The average Bonchev–Trinajstić information content (AvgIpc) is 3.07. The Hall–Kier alpha value is -0.950. The highest BCUT2D eigenvalue weighted by Crippen LogP contribution is 2.22. The molecule has 1 aromatic carbocycles. The standard InChI is InChI=1S/C17H24ClFN2O2S/c1-22-9-4-8-20-17(24)21(11-13-5-3-10-23-13)12-14-15(18)6-2-7-16(14)19/h2,6-7,13H,3-5,8-12H2,1H3,(H,20,24)/t13-/m0/s1. The minimum Gasteiger partial charge on any atom is -0.385 e. The molecule has 1 atom stereocenters. The molecule has 4 nitrogen and oxygen atoms in total. The van der Waals surface area contributed by atoms with Crippen molar-refractivity contribution in [3.63, 3.8) is 0 Å². The maximum absolute atomic E-state index is 14.1. The van der Waals surface area contributed by atoms with E-state index in [4.69, 9.17) is 33.3 Å². The summed E-state index contributed by atoms with van der Waals surface area (Å²) in [4.78, 5) is 1.93. The van der Waals surface area contributed by atoms with Crippen LogP contribution in [-0.2, 0) is 16.0 Å². The molecule has 0 spiro atoms. The van der Waals surface area contributed by atoms with Crippen LogP contribution >= 0.6 is 23.8 Å². The van der Waals surface area contributed by atoms with E-state index in [0.29, 0.717) is 41.9 Å². The summed E-state index contributed by atoms with van der Waals surface area (Å²) >= 11 is 11.7. The number of ether oxygens (including phenoxy) is 2. The molecule has 0 amide bonds. The van der Waals surface area contributed by atoms with Crippen molar-refractivity contribution >= 4 is 28.9 Å². The molecule has 1 saturated heterocycles. The lowest BCUT2D eigenvalue weighted by Crippen LogP contribution is -2.43. The highest BCUT2D eigenvalue weighted by atomic mass is 35.5. The molecule has 0 bridgehead atoms. The zero-order valence-corrected chi connectivity index (χ0v) is 15.5. The first-order chi connectivity index (χ1) is 11.6. The molecule has 0 saturated carbocycles. The number of halogens is 2. The van der Waals surface area contributed by atoms with Gasteiger partial charge in [0.25, 0.3) is 0 Å². The van der Waals surface area contributed by atoms with Crippen molar-refractivity contribution in [2.75, 3.05) is 33.4 Å². The van der Waals surface area contributed by atoms with Crippen LogP contribution in [0, 0.1) is 5.82 Å². The fourth-order valence-electron chi connectivity index (χ4n) is 2.65. The first-order valence-corrected chi connectivity index (χ1v) is 8.96. The fraction of sp³-hybridized carbons (Fsp3) is 0.588. The summed E-state index contributed by atoms with van der Waals surface area (Å²) in [5.74, 6) is -0.318. The maximum Gasteiger partial charge on any atom is 0.169 e. The summed E-state index contributed by atoms with van der Waals surface area (Å²) in [6, 6.07) is 4.71. The Morgan fingerprint density at radius 2 is 2.38 bits per heavy atom. The summed E-state index contributed by atoms with van der Waals surface area (Å²) in [5.41, 5.74) is 0.457. The zero-order valence-electron chi connectivity index (χ0n) is 13.9. The van der Waals surface area contributed by atoms with E-state index < -0.39 is 0 Å². The Morgan fingerprint density at radius 3 is 3.04 bits per heavy atom. The van der Waals surface area contributed by atoms with Crippen molar-refractivity contribution in [3.05, 3.63) is 34.6 Å². The van der Waals surface area contributed by atoms with E-state index in [1.54, 1.807) is 19.2 Å². The lowest BCUT2D eigenvalue weighted by Gasteiger charge is -2.29. The van der Waals surface area contributed by atoms with Crippen LogP contribution in [-0.4, -0.2) is 49.5 Å². The smallest absolute Gasteiger partial charge is 0.169 e. The molecule has 7 heteroatoms. The quantitative estimate of drug-likeness (QED) is 0.557. The van der Waals surface area contributed by atoms with Gasteiger partial charge < -0.3 is 19.7 Å². The van der Waals surface area contributed by atoms with Gasteiger partial charge in [-0.2, -0.15) is 0 Å². The molecule has 134 valence electrons. The van der Waals surface area contributed by atoms with Gasteiger partial charge in [-0.15, -0.1) is 0 Å². The van der Waals surface area contributed by atoms with E-state index in [9.17, 15) is 4.39 Å². The van der Waals surface area contributed by atoms with Crippen molar-refractivity contribution in [2.24, 2.45) is 0 Å². The van der Waals surface area contributed by atoms with Gasteiger partial charge in [0.1, 0.15) is 5.82 Å². The van der Waals surface area contributed by atoms with Crippen LogP contribution in [0.2, 0.25) is 5.02 Å². The molecule has 1 N–H and O–H groups in total. The average molecular weight is 375 g/mol. The highest BCUT2D eigenvalue weighted by Gasteiger charge is 2.22. The Kier molecular flexibility index (Phi) is 8.18. The number of rotatable bonds is 8. The first-order valence-electron chi connectivity index (χ1n) is 8.18. The summed E-state index contributed by atoms with van der Waals surface area (Å²) < 4.78 is 24.9. The molecular formula is C17H24ClFN2O2S. The summed E-state index contributed by atoms with van der Waals surface area (Å²) in [6.07, 6.45) is 3.01. The van der Waals surface area contributed by atoms with E-state index in [1.807, 2.05) is 4.90 Å². The largest absolute Gasteiger partial charge is 0.385 e. The minimum absolute atomic E-state index is 0.120. The SMILES string of the molecule is COCCCNC(=S)N(Cc1c(F)cccc1Cl)C[C@@H]1CCCO1. The van der Waals surface area contributed by atoms with E-state index >= 15 is 0 Å². The van der Waals surface area contributed by atoms with E-state index in [1.165, 1.54) is 6.07 Å². The van der Waals surface area contributed by atoms with Crippen LogP contribution < -0.4 is 5.32 Å². The molecule has 0 aliphatic carbocycles. The van der Waals surface area contributed by atoms with Crippen molar-refractivity contribution in [3.8, 4) is 0 Å². The normalized spacial score (nSPS) is 17.0. The molecule has 1 fully saturated rings. The third-order valence-corrected chi connectivity index (χ3v) is 4.70. The second kappa shape index (κ2) is 10.1. The van der Waals surface area contributed by atoms with Gasteiger partial charge in [0.2, 0.25) is 0 Å². The van der Waals surface area contributed by atoms with Crippen molar-refractivity contribution in [1.29, 1.82) is 0 Å². The van der Waals surface area contributed by atoms with Gasteiger partial charge in [-0.3, -0.25) is 0 Å². The predicted molar refractivity (Wildman–Crippen MR) is 97.9 cm³/mol. The number of nitrogens with zero attached hydrogens (tertiary/aromatic N) is 1. The van der Waals surface area contributed by atoms with E-state index in [2.05, 4.69) is 5.32 Å². The highest BCUT2D eigenvalue weighted by molar-refractivity contribution is 7.80. The Labute approximate surface area is 153 Å². The van der Waals surface area contributed by atoms with Crippen LogP contribution in [0.25, 0.3) is 0 Å². The van der Waals surface area contributed by atoms with Gasteiger partial charge in [0, 0.05) is 50.5 Å². The molecule has 1 aliphatic rings. The van der Waals surface area contributed by atoms with Crippen molar-refractivity contribution < 1.29 is 13.9 Å². The van der Waals surface area contributed by atoms with E-state index in [0.717, 1.165) is 25.9 Å². The Bertz CT molecular complexity index is 521. The number of hydrogen-bond acceptors (Lipinski definition) is 3. The van der Waals surface area contributed by atoms with Crippen molar-refractivity contribution in [1.82, 2.24) is 10.2 Å². The number of methoxy groups -OCH3 is 1. The second-order valence-electron chi connectivity index (χ2n) is 5.79. The van der Waals surface area contributed by atoms with Crippen LogP contribution in [0.15, 0.2) is 18.2 Å². The number of hydrogen-bond donors (Lipinski definition) is 1. The van der Waals surface area contributed by atoms with Gasteiger partial charge in [-0.25, -0.2) is 4.39 Å². The third kappa shape index (κ3) is 5.84. The Morgan fingerprint density at radius 1 is 1.54 bits per heavy atom. The zero-order chi connectivity index (χ0) is 17.4. The van der Waals surface area contributed by atoms with Crippen LogP contribution in [0.4, 0.5) is 4.39 Å².